The summed E-state index contributed by atoms with van der Waals surface area (Å²) in [6.45, 7) is 4.74. The molecule has 0 fully saturated rings. The molecule has 0 saturated carbocycles. The van der Waals surface area contributed by atoms with Crippen molar-refractivity contribution in [2.75, 3.05) is 0 Å². The highest BCUT2D eigenvalue weighted by Gasteiger charge is 2.19. The Labute approximate surface area is 171 Å². The molecule has 1 amide bonds. The fourth-order valence-electron chi connectivity index (χ4n) is 2.69. The molecule has 0 radical (unpaired) electrons. The number of hydrogen-bond acceptors (Lipinski definition) is 4. The van der Waals surface area contributed by atoms with Gasteiger partial charge in [-0.1, -0.05) is 58.0 Å². The van der Waals surface area contributed by atoms with E-state index in [2.05, 4.69) is 55.1 Å². The van der Waals surface area contributed by atoms with Gasteiger partial charge in [-0.15, -0.1) is 10.2 Å². The second kappa shape index (κ2) is 9.19. The van der Waals surface area contributed by atoms with Crippen molar-refractivity contribution in [3.8, 4) is 0 Å². The average Bonchev–Trinajstić information content (AvgIpc) is 3.11. The van der Waals surface area contributed by atoms with E-state index in [-0.39, 0.29) is 11.9 Å². The number of carbonyl (C=O) groups excluding carboxylic acids is 1. The normalized spacial score (nSPS) is 12.0. The fourth-order valence-corrected chi connectivity index (χ4v) is 3.92. The summed E-state index contributed by atoms with van der Waals surface area (Å²) in [4.78, 5) is 12.4. The second-order valence-corrected chi connectivity index (χ2v) is 7.92. The van der Waals surface area contributed by atoms with Crippen molar-refractivity contribution >= 4 is 33.6 Å². The van der Waals surface area contributed by atoms with Crippen LogP contribution in [0.1, 0.15) is 41.6 Å². The van der Waals surface area contributed by atoms with Crippen LogP contribution < -0.4 is 5.32 Å². The molecule has 5 nitrogen and oxygen atoms in total. The Morgan fingerprint density at radius 1 is 1.15 bits per heavy atom. The van der Waals surface area contributed by atoms with Crippen molar-refractivity contribution < 1.29 is 4.79 Å². The smallest absolute Gasteiger partial charge is 0.251 e. The summed E-state index contributed by atoms with van der Waals surface area (Å²) >= 11 is 5.10. The minimum Gasteiger partial charge on any atom is -0.342 e. The number of thioether (sulfide) groups is 1. The molecule has 1 N–H and O–H groups in total. The Hall–Kier alpha value is -2.12. The number of benzene rings is 2. The predicted octanol–water partition coefficient (Wildman–Crippen LogP) is 4.84. The molecule has 0 aliphatic heterocycles. The van der Waals surface area contributed by atoms with Crippen molar-refractivity contribution in [3.63, 3.8) is 0 Å². The van der Waals surface area contributed by atoms with Crippen LogP contribution in [0.4, 0.5) is 0 Å². The van der Waals surface area contributed by atoms with Crippen LogP contribution in [0.15, 0.2) is 64.2 Å². The molecule has 1 heterocycles. The maximum atomic E-state index is 12.4. The van der Waals surface area contributed by atoms with Gasteiger partial charge in [-0.2, -0.15) is 0 Å². The van der Waals surface area contributed by atoms with Crippen LogP contribution in [0.2, 0.25) is 0 Å². The van der Waals surface area contributed by atoms with Crippen LogP contribution >= 0.6 is 27.7 Å². The van der Waals surface area contributed by atoms with E-state index in [9.17, 15) is 4.79 Å². The van der Waals surface area contributed by atoms with Crippen molar-refractivity contribution in [2.24, 2.45) is 0 Å². The molecule has 0 bridgehead atoms. The van der Waals surface area contributed by atoms with Gasteiger partial charge in [0, 0.05) is 22.3 Å². The molecule has 2 aromatic carbocycles. The number of amides is 1. The number of aromatic nitrogens is 3. The summed E-state index contributed by atoms with van der Waals surface area (Å²) in [6.07, 6.45) is 0. The van der Waals surface area contributed by atoms with Gasteiger partial charge >= 0.3 is 0 Å². The van der Waals surface area contributed by atoms with Crippen LogP contribution in [0, 0.1) is 0 Å². The van der Waals surface area contributed by atoms with E-state index in [0.29, 0.717) is 5.56 Å². The topological polar surface area (TPSA) is 59.8 Å². The van der Waals surface area contributed by atoms with Gasteiger partial charge in [0.05, 0.1) is 6.04 Å². The number of halogens is 1. The van der Waals surface area contributed by atoms with Gasteiger partial charge in [0.2, 0.25) is 0 Å². The van der Waals surface area contributed by atoms with Gasteiger partial charge in [0.1, 0.15) is 0 Å². The molecule has 27 heavy (non-hydrogen) atoms. The average molecular weight is 445 g/mol. The Morgan fingerprint density at radius 3 is 2.52 bits per heavy atom. The van der Waals surface area contributed by atoms with Crippen LogP contribution in [0.3, 0.4) is 0 Å². The van der Waals surface area contributed by atoms with Gasteiger partial charge in [-0.25, -0.2) is 0 Å². The summed E-state index contributed by atoms with van der Waals surface area (Å²) in [7, 11) is 0. The summed E-state index contributed by atoms with van der Waals surface area (Å²) in [5.41, 5.74) is 1.86. The molecule has 0 spiro atoms. The summed E-state index contributed by atoms with van der Waals surface area (Å²) < 4.78 is 3.12. The van der Waals surface area contributed by atoms with Crippen molar-refractivity contribution in [3.05, 3.63) is 76.0 Å². The Kier molecular flexibility index (Phi) is 6.68. The van der Waals surface area contributed by atoms with E-state index in [1.807, 2.05) is 37.3 Å². The third-order valence-corrected chi connectivity index (χ3v) is 5.68. The molecule has 140 valence electrons. The molecule has 0 aliphatic carbocycles. The number of rotatable bonds is 7. The highest BCUT2D eigenvalue weighted by Crippen LogP contribution is 2.25. The minimum absolute atomic E-state index is 0.113. The van der Waals surface area contributed by atoms with Gasteiger partial charge in [-0.05, 0) is 43.7 Å². The van der Waals surface area contributed by atoms with Gasteiger partial charge in [0.25, 0.3) is 5.91 Å². The van der Waals surface area contributed by atoms with Crippen LogP contribution in [-0.4, -0.2) is 20.7 Å². The zero-order chi connectivity index (χ0) is 19.2. The molecule has 7 heteroatoms. The first-order valence-electron chi connectivity index (χ1n) is 8.74. The van der Waals surface area contributed by atoms with Gasteiger partial charge in [0.15, 0.2) is 11.0 Å². The molecular weight excluding hydrogens is 424 g/mol. The first-order valence-corrected chi connectivity index (χ1v) is 10.5. The zero-order valence-electron chi connectivity index (χ0n) is 15.2. The minimum atomic E-state index is -0.229. The van der Waals surface area contributed by atoms with E-state index < -0.39 is 0 Å². The predicted molar refractivity (Wildman–Crippen MR) is 112 cm³/mol. The number of hydrogen-bond donors (Lipinski definition) is 1. The lowest BCUT2D eigenvalue weighted by Crippen LogP contribution is -2.28. The van der Waals surface area contributed by atoms with Crippen LogP contribution in [0.25, 0.3) is 0 Å². The molecule has 3 rings (SSSR count). The molecule has 1 atom stereocenters. The lowest BCUT2D eigenvalue weighted by Gasteiger charge is -2.15. The molecule has 3 aromatic rings. The summed E-state index contributed by atoms with van der Waals surface area (Å²) in [5.74, 6) is 1.47. The van der Waals surface area contributed by atoms with Crippen molar-refractivity contribution in [1.29, 1.82) is 0 Å². The standard InChI is InChI=1S/C20H21BrN4OS/c1-3-25-18(14(2)22-19(26)16-7-5-4-6-8-16)23-24-20(25)27-13-15-9-11-17(21)12-10-15/h4-12,14H,3,13H2,1-2H3,(H,22,26)/t14-/m0/s1. The molecule has 0 aliphatic rings. The molecule has 0 unspecified atom stereocenters. The van der Waals surface area contributed by atoms with Crippen molar-refractivity contribution in [1.82, 2.24) is 20.1 Å². The van der Waals surface area contributed by atoms with Gasteiger partial charge < -0.3 is 9.88 Å². The second-order valence-electron chi connectivity index (χ2n) is 6.06. The van der Waals surface area contributed by atoms with Gasteiger partial charge in [-0.3, -0.25) is 4.79 Å². The molecule has 0 saturated heterocycles. The summed E-state index contributed by atoms with van der Waals surface area (Å²) in [6, 6.07) is 17.2. The molecular formula is C20H21BrN4OS. The first-order chi connectivity index (χ1) is 13.1. The van der Waals surface area contributed by atoms with Crippen LogP contribution in [0.5, 0.6) is 0 Å². The SMILES string of the molecule is CCn1c(SCc2ccc(Br)cc2)nnc1[C@H](C)NC(=O)c1ccccc1. The lowest BCUT2D eigenvalue weighted by atomic mass is 10.2. The van der Waals surface area contributed by atoms with E-state index >= 15 is 0 Å². The third-order valence-electron chi connectivity index (χ3n) is 4.11. The Bertz CT molecular complexity index is 896. The van der Waals surface area contributed by atoms with E-state index in [4.69, 9.17) is 0 Å². The highest BCUT2D eigenvalue weighted by atomic mass is 79.9. The fraction of sp³-hybridized carbons (Fsp3) is 0.250. The number of nitrogens with one attached hydrogen (secondary N) is 1. The summed E-state index contributed by atoms with van der Waals surface area (Å²) in [5, 5.41) is 12.5. The maximum Gasteiger partial charge on any atom is 0.251 e. The zero-order valence-corrected chi connectivity index (χ0v) is 17.6. The quantitative estimate of drug-likeness (QED) is 0.529. The highest BCUT2D eigenvalue weighted by molar-refractivity contribution is 9.10. The number of carbonyl (C=O) groups is 1. The number of nitrogens with zero attached hydrogens (tertiary/aromatic N) is 3. The Morgan fingerprint density at radius 2 is 1.85 bits per heavy atom. The molecule has 1 aromatic heterocycles. The van der Waals surface area contributed by atoms with E-state index in [1.54, 1.807) is 23.9 Å². The van der Waals surface area contributed by atoms with Crippen molar-refractivity contribution in [2.45, 2.75) is 37.3 Å². The van der Waals surface area contributed by atoms with E-state index in [1.165, 1.54) is 5.56 Å². The first kappa shape index (κ1) is 19.6. The Balaban J connectivity index is 1.69. The van der Waals surface area contributed by atoms with Crippen LogP contribution in [-0.2, 0) is 12.3 Å². The lowest BCUT2D eigenvalue weighted by molar-refractivity contribution is 0.0937. The third kappa shape index (κ3) is 4.99. The largest absolute Gasteiger partial charge is 0.342 e. The maximum absolute atomic E-state index is 12.4. The van der Waals surface area contributed by atoms with E-state index in [0.717, 1.165) is 27.8 Å². The monoisotopic (exact) mass is 444 g/mol.